The van der Waals surface area contributed by atoms with Gasteiger partial charge in [0.1, 0.15) is 5.75 Å². The van der Waals surface area contributed by atoms with Crippen LogP contribution in [-0.2, 0) is 4.79 Å². The van der Waals surface area contributed by atoms with E-state index in [1.54, 1.807) is 32.4 Å². The molecule has 7 nitrogen and oxygen atoms in total. The van der Waals surface area contributed by atoms with Crippen molar-refractivity contribution in [2.24, 2.45) is 5.92 Å². The van der Waals surface area contributed by atoms with Crippen LogP contribution in [0.2, 0.25) is 0 Å². The molecule has 34 heavy (non-hydrogen) atoms. The van der Waals surface area contributed by atoms with Crippen molar-refractivity contribution in [3.8, 4) is 17.2 Å². The van der Waals surface area contributed by atoms with Crippen molar-refractivity contribution >= 4 is 11.8 Å². The first-order chi connectivity index (χ1) is 16.3. The van der Waals surface area contributed by atoms with Crippen molar-refractivity contribution in [1.29, 1.82) is 0 Å². The number of likely N-dealkylation sites (tertiary alicyclic amines) is 1. The number of hydrogen-bond donors (Lipinski definition) is 1. The minimum Gasteiger partial charge on any atom is -0.493 e. The van der Waals surface area contributed by atoms with Gasteiger partial charge in [0.2, 0.25) is 0 Å². The number of ether oxygens (including phenoxy) is 3. The Bertz CT molecular complexity index is 983. The Morgan fingerprint density at radius 3 is 2.29 bits per heavy atom. The first-order valence-electron chi connectivity index (χ1n) is 11.9. The van der Waals surface area contributed by atoms with E-state index in [2.05, 4.69) is 19.2 Å². The average Bonchev–Trinajstić information content (AvgIpc) is 2.86. The lowest BCUT2D eigenvalue weighted by Crippen LogP contribution is -2.46. The summed E-state index contributed by atoms with van der Waals surface area (Å²) in [5, 5.41) is 3.01. The van der Waals surface area contributed by atoms with E-state index in [0.717, 1.165) is 24.2 Å². The van der Waals surface area contributed by atoms with Gasteiger partial charge in [0.15, 0.2) is 17.6 Å². The van der Waals surface area contributed by atoms with Crippen LogP contribution in [0.15, 0.2) is 42.5 Å². The molecule has 1 fully saturated rings. The lowest BCUT2D eigenvalue weighted by molar-refractivity contribution is -0.139. The molecule has 7 heteroatoms. The maximum absolute atomic E-state index is 13.0. The van der Waals surface area contributed by atoms with Crippen LogP contribution in [0.25, 0.3) is 0 Å². The van der Waals surface area contributed by atoms with Gasteiger partial charge in [0, 0.05) is 25.2 Å². The molecule has 0 bridgehead atoms. The Kier molecular flexibility index (Phi) is 8.79. The predicted molar refractivity (Wildman–Crippen MR) is 132 cm³/mol. The number of carbonyl (C=O) groups excluding carboxylic acids is 2. The van der Waals surface area contributed by atoms with Gasteiger partial charge in [-0.3, -0.25) is 9.59 Å². The fraction of sp³-hybridized carbons (Fsp3) is 0.481. The molecule has 2 amide bonds. The number of benzene rings is 2. The Labute approximate surface area is 202 Å². The monoisotopic (exact) mass is 468 g/mol. The number of hydrogen-bond acceptors (Lipinski definition) is 5. The van der Waals surface area contributed by atoms with E-state index in [1.165, 1.54) is 0 Å². The van der Waals surface area contributed by atoms with Gasteiger partial charge in [-0.05, 0) is 61.4 Å². The van der Waals surface area contributed by atoms with Crippen molar-refractivity contribution in [2.45, 2.75) is 45.6 Å². The van der Waals surface area contributed by atoms with E-state index < -0.39 is 6.10 Å². The van der Waals surface area contributed by atoms with Crippen LogP contribution in [0.3, 0.4) is 0 Å². The van der Waals surface area contributed by atoms with Gasteiger partial charge in [-0.15, -0.1) is 0 Å². The highest BCUT2D eigenvalue weighted by Gasteiger charge is 2.28. The number of nitrogens with one attached hydrogen (secondary N) is 1. The summed E-state index contributed by atoms with van der Waals surface area (Å²) in [6, 6.07) is 13.0. The number of carbonyl (C=O) groups is 2. The van der Waals surface area contributed by atoms with E-state index in [-0.39, 0.29) is 11.8 Å². The number of methoxy groups -OCH3 is 2. The quantitative estimate of drug-likeness (QED) is 0.595. The fourth-order valence-corrected chi connectivity index (χ4v) is 4.24. The van der Waals surface area contributed by atoms with Crippen LogP contribution < -0.4 is 19.5 Å². The topological polar surface area (TPSA) is 77.1 Å². The van der Waals surface area contributed by atoms with Crippen LogP contribution in [0.5, 0.6) is 17.2 Å². The molecule has 1 heterocycles. The largest absolute Gasteiger partial charge is 0.493 e. The highest BCUT2D eigenvalue weighted by Crippen LogP contribution is 2.28. The first-order valence-corrected chi connectivity index (χ1v) is 11.9. The summed E-state index contributed by atoms with van der Waals surface area (Å²) in [5.74, 6) is 2.38. The number of piperidine rings is 1. The molecule has 1 atom stereocenters. The van der Waals surface area contributed by atoms with Gasteiger partial charge in [0.25, 0.3) is 11.8 Å². The second-order valence-corrected chi connectivity index (χ2v) is 9.00. The van der Waals surface area contributed by atoms with Gasteiger partial charge < -0.3 is 24.4 Å². The molecule has 2 aromatic rings. The summed E-state index contributed by atoms with van der Waals surface area (Å²) in [6.45, 7) is 7.94. The van der Waals surface area contributed by atoms with Crippen LogP contribution >= 0.6 is 0 Å². The zero-order valence-electron chi connectivity index (χ0n) is 20.8. The van der Waals surface area contributed by atoms with Crippen molar-refractivity contribution < 1.29 is 23.8 Å². The fourth-order valence-electron chi connectivity index (χ4n) is 4.24. The van der Waals surface area contributed by atoms with Crippen molar-refractivity contribution in [2.75, 3.05) is 33.9 Å². The van der Waals surface area contributed by atoms with E-state index in [0.29, 0.717) is 48.5 Å². The van der Waals surface area contributed by atoms with Crippen molar-refractivity contribution in [1.82, 2.24) is 10.2 Å². The van der Waals surface area contributed by atoms with Crippen LogP contribution in [-0.4, -0.2) is 56.7 Å². The molecule has 1 aliphatic heterocycles. The third-order valence-electron chi connectivity index (χ3n) is 6.32. The van der Waals surface area contributed by atoms with Crippen LogP contribution in [0.1, 0.15) is 55.5 Å². The molecule has 0 aromatic heterocycles. The number of nitrogens with zero attached hydrogens (tertiary/aromatic N) is 1. The SMILES string of the molecule is COc1ccc(C(=O)NCC2CCN(C(=O)C(C)Oc3ccccc3C(C)C)CC2)cc1OC. The maximum atomic E-state index is 13.0. The molecular weight excluding hydrogens is 432 g/mol. The molecule has 2 aromatic carbocycles. The Morgan fingerprint density at radius 2 is 1.65 bits per heavy atom. The molecule has 3 rings (SSSR count). The van der Waals surface area contributed by atoms with E-state index >= 15 is 0 Å². The Morgan fingerprint density at radius 1 is 0.971 bits per heavy atom. The Balaban J connectivity index is 1.48. The normalized spacial score (nSPS) is 15.1. The smallest absolute Gasteiger partial charge is 0.263 e. The maximum Gasteiger partial charge on any atom is 0.263 e. The summed E-state index contributed by atoms with van der Waals surface area (Å²) in [4.78, 5) is 27.4. The first kappa shape index (κ1) is 25.4. The number of amides is 2. The summed E-state index contributed by atoms with van der Waals surface area (Å²) in [6.07, 6.45) is 1.14. The summed E-state index contributed by atoms with van der Waals surface area (Å²) in [7, 11) is 3.11. The highest BCUT2D eigenvalue weighted by atomic mass is 16.5. The average molecular weight is 469 g/mol. The van der Waals surface area contributed by atoms with E-state index in [4.69, 9.17) is 14.2 Å². The third kappa shape index (κ3) is 6.22. The molecule has 1 N–H and O–H groups in total. The minimum absolute atomic E-state index is 0.00590. The lowest BCUT2D eigenvalue weighted by atomic mass is 9.96. The summed E-state index contributed by atoms with van der Waals surface area (Å²) < 4.78 is 16.5. The Hall–Kier alpha value is -3.22. The molecular formula is C27H36N2O5. The molecule has 0 radical (unpaired) electrons. The van der Waals surface area contributed by atoms with Gasteiger partial charge in [-0.25, -0.2) is 0 Å². The molecule has 1 unspecified atom stereocenters. The molecule has 0 saturated carbocycles. The molecule has 0 spiro atoms. The lowest BCUT2D eigenvalue weighted by Gasteiger charge is -2.33. The van der Waals surface area contributed by atoms with Gasteiger partial charge in [-0.1, -0.05) is 32.0 Å². The van der Waals surface area contributed by atoms with Crippen LogP contribution in [0.4, 0.5) is 0 Å². The number of para-hydroxylation sites is 1. The molecule has 0 aliphatic carbocycles. The zero-order valence-corrected chi connectivity index (χ0v) is 20.8. The van der Waals surface area contributed by atoms with Gasteiger partial charge in [0.05, 0.1) is 14.2 Å². The summed E-state index contributed by atoms with van der Waals surface area (Å²) in [5.41, 5.74) is 1.63. The van der Waals surface area contributed by atoms with E-state index in [9.17, 15) is 9.59 Å². The minimum atomic E-state index is -0.541. The van der Waals surface area contributed by atoms with Crippen LogP contribution in [0, 0.1) is 5.92 Å². The molecule has 184 valence electrons. The zero-order chi connectivity index (χ0) is 24.7. The molecule has 1 aliphatic rings. The second-order valence-electron chi connectivity index (χ2n) is 9.00. The molecule has 1 saturated heterocycles. The van der Waals surface area contributed by atoms with Gasteiger partial charge in [-0.2, -0.15) is 0 Å². The van der Waals surface area contributed by atoms with Gasteiger partial charge >= 0.3 is 0 Å². The van der Waals surface area contributed by atoms with Crippen molar-refractivity contribution in [3.63, 3.8) is 0 Å². The predicted octanol–water partition coefficient (Wildman–Crippen LogP) is 4.26. The van der Waals surface area contributed by atoms with Crippen molar-refractivity contribution in [3.05, 3.63) is 53.6 Å². The number of rotatable bonds is 9. The second kappa shape index (κ2) is 11.8. The summed E-state index contributed by atoms with van der Waals surface area (Å²) >= 11 is 0. The van der Waals surface area contributed by atoms with E-state index in [1.807, 2.05) is 36.1 Å². The highest BCUT2D eigenvalue weighted by molar-refractivity contribution is 5.94. The third-order valence-corrected chi connectivity index (χ3v) is 6.32. The standard InChI is InChI=1S/C27H36N2O5/c1-18(2)22-8-6-7-9-23(22)34-19(3)27(31)29-14-12-20(13-15-29)17-28-26(30)21-10-11-24(32-4)25(16-21)33-5/h6-11,16,18-20H,12-15,17H2,1-5H3,(H,28,30).